The molecule has 0 aromatic heterocycles. The Bertz CT molecular complexity index is 359. The molecular formula is C15H22O4. The maximum Gasteiger partial charge on any atom is 0.135 e. The maximum absolute atomic E-state index is 11.6. The first kappa shape index (κ1) is 15.7. The van der Waals surface area contributed by atoms with Crippen LogP contribution in [-0.2, 0) is 20.7 Å². The van der Waals surface area contributed by atoms with Gasteiger partial charge >= 0.3 is 0 Å². The number of rotatable bonds is 10. The van der Waals surface area contributed by atoms with E-state index < -0.39 is 0 Å². The average Bonchev–Trinajstić information content (AvgIpc) is 2.45. The summed E-state index contributed by atoms with van der Waals surface area (Å²) in [6.45, 7) is 1.59. The van der Waals surface area contributed by atoms with E-state index in [0.29, 0.717) is 32.7 Å². The van der Waals surface area contributed by atoms with Gasteiger partial charge in [0.05, 0.1) is 26.9 Å². The fraction of sp³-hybridized carbons (Fsp3) is 0.533. The smallest absolute Gasteiger partial charge is 0.135 e. The molecule has 0 aliphatic carbocycles. The Morgan fingerprint density at radius 2 is 1.74 bits per heavy atom. The van der Waals surface area contributed by atoms with Gasteiger partial charge in [-0.1, -0.05) is 12.1 Å². The van der Waals surface area contributed by atoms with Crippen LogP contribution in [0.15, 0.2) is 24.3 Å². The minimum Gasteiger partial charge on any atom is -0.497 e. The number of ketones is 1. The highest BCUT2D eigenvalue weighted by atomic mass is 16.5. The number of hydrogen-bond acceptors (Lipinski definition) is 4. The van der Waals surface area contributed by atoms with E-state index in [-0.39, 0.29) is 5.78 Å². The molecule has 0 atom stereocenters. The van der Waals surface area contributed by atoms with Crippen LogP contribution in [0.5, 0.6) is 5.75 Å². The second-order valence-corrected chi connectivity index (χ2v) is 4.24. The summed E-state index contributed by atoms with van der Waals surface area (Å²) in [4.78, 5) is 11.6. The van der Waals surface area contributed by atoms with Crippen LogP contribution in [0.2, 0.25) is 0 Å². The first-order chi connectivity index (χ1) is 9.26. The van der Waals surface area contributed by atoms with Crippen molar-refractivity contribution >= 4 is 5.78 Å². The Morgan fingerprint density at radius 1 is 1.00 bits per heavy atom. The molecule has 1 aromatic carbocycles. The molecule has 0 radical (unpaired) electrons. The minimum absolute atomic E-state index is 0.230. The number of hydrogen-bond donors (Lipinski definition) is 0. The van der Waals surface area contributed by atoms with Gasteiger partial charge in [0.25, 0.3) is 0 Å². The van der Waals surface area contributed by atoms with E-state index in [1.165, 1.54) is 0 Å². The van der Waals surface area contributed by atoms with Crippen LogP contribution in [0.25, 0.3) is 0 Å². The van der Waals surface area contributed by atoms with Crippen LogP contribution in [0.3, 0.4) is 0 Å². The molecule has 0 aliphatic rings. The highest BCUT2D eigenvalue weighted by molar-refractivity contribution is 5.78. The van der Waals surface area contributed by atoms with E-state index in [2.05, 4.69) is 0 Å². The fourth-order valence-electron chi connectivity index (χ4n) is 1.63. The number of carbonyl (C=O) groups excluding carboxylic acids is 1. The molecule has 0 spiro atoms. The third-order valence-corrected chi connectivity index (χ3v) is 2.81. The van der Waals surface area contributed by atoms with Crippen molar-refractivity contribution in [2.75, 3.05) is 34.0 Å². The maximum atomic E-state index is 11.6. The number of benzene rings is 1. The van der Waals surface area contributed by atoms with Crippen molar-refractivity contribution in [2.24, 2.45) is 0 Å². The zero-order valence-corrected chi connectivity index (χ0v) is 11.7. The fourth-order valence-corrected chi connectivity index (χ4v) is 1.63. The molecule has 1 aromatic rings. The SMILES string of the molecule is COCCOCCC(=O)CCc1ccc(OC)cc1. The zero-order chi connectivity index (χ0) is 13.9. The topological polar surface area (TPSA) is 44.8 Å². The second kappa shape index (κ2) is 9.53. The van der Waals surface area contributed by atoms with E-state index in [9.17, 15) is 4.79 Å². The number of ether oxygens (including phenoxy) is 3. The van der Waals surface area contributed by atoms with Crippen molar-refractivity contribution in [2.45, 2.75) is 19.3 Å². The summed E-state index contributed by atoms with van der Waals surface area (Å²) in [6, 6.07) is 7.80. The van der Waals surface area contributed by atoms with Gasteiger partial charge in [-0.05, 0) is 24.1 Å². The van der Waals surface area contributed by atoms with E-state index in [0.717, 1.165) is 17.7 Å². The molecule has 19 heavy (non-hydrogen) atoms. The summed E-state index contributed by atoms with van der Waals surface area (Å²) in [5.74, 6) is 1.06. The van der Waals surface area contributed by atoms with Gasteiger partial charge in [-0.3, -0.25) is 4.79 Å². The largest absolute Gasteiger partial charge is 0.497 e. The predicted octanol–water partition coefficient (Wildman–Crippen LogP) is 2.25. The van der Waals surface area contributed by atoms with Crippen molar-refractivity contribution in [3.63, 3.8) is 0 Å². The van der Waals surface area contributed by atoms with Gasteiger partial charge in [-0.15, -0.1) is 0 Å². The van der Waals surface area contributed by atoms with Gasteiger partial charge in [-0.2, -0.15) is 0 Å². The van der Waals surface area contributed by atoms with E-state index in [1.807, 2.05) is 24.3 Å². The van der Waals surface area contributed by atoms with Crippen LogP contribution in [0, 0.1) is 0 Å². The third kappa shape index (κ3) is 6.94. The second-order valence-electron chi connectivity index (χ2n) is 4.24. The van der Waals surface area contributed by atoms with Crippen LogP contribution < -0.4 is 4.74 Å². The lowest BCUT2D eigenvalue weighted by Gasteiger charge is -2.04. The average molecular weight is 266 g/mol. The Labute approximate surface area is 114 Å². The number of methoxy groups -OCH3 is 2. The molecule has 0 amide bonds. The van der Waals surface area contributed by atoms with Crippen molar-refractivity contribution in [3.05, 3.63) is 29.8 Å². The quantitative estimate of drug-likeness (QED) is 0.609. The van der Waals surface area contributed by atoms with Crippen LogP contribution >= 0.6 is 0 Å². The van der Waals surface area contributed by atoms with Gasteiger partial charge in [0.15, 0.2) is 0 Å². The zero-order valence-electron chi connectivity index (χ0n) is 11.7. The van der Waals surface area contributed by atoms with Gasteiger partial charge in [0, 0.05) is 20.0 Å². The molecule has 0 N–H and O–H groups in total. The van der Waals surface area contributed by atoms with E-state index >= 15 is 0 Å². The molecular weight excluding hydrogens is 244 g/mol. The van der Waals surface area contributed by atoms with Crippen LogP contribution in [-0.4, -0.2) is 39.8 Å². The Morgan fingerprint density at radius 3 is 2.37 bits per heavy atom. The normalized spacial score (nSPS) is 10.4. The van der Waals surface area contributed by atoms with Crippen molar-refractivity contribution in [1.29, 1.82) is 0 Å². The summed E-state index contributed by atoms with van der Waals surface area (Å²) in [5.41, 5.74) is 1.15. The summed E-state index contributed by atoms with van der Waals surface area (Å²) in [6.07, 6.45) is 1.79. The van der Waals surface area contributed by atoms with Crippen LogP contribution in [0.4, 0.5) is 0 Å². The van der Waals surface area contributed by atoms with E-state index in [1.54, 1.807) is 14.2 Å². The number of carbonyl (C=O) groups is 1. The molecule has 0 aliphatic heterocycles. The van der Waals surface area contributed by atoms with Gasteiger partial charge in [-0.25, -0.2) is 0 Å². The minimum atomic E-state index is 0.230. The molecule has 0 saturated heterocycles. The van der Waals surface area contributed by atoms with Crippen LogP contribution in [0.1, 0.15) is 18.4 Å². The highest BCUT2D eigenvalue weighted by Gasteiger charge is 2.03. The lowest BCUT2D eigenvalue weighted by atomic mass is 10.1. The molecule has 0 heterocycles. The van der Waals surface area contributed by atoms with Gasteiger partial charge in [0.1, 0.15) is 11.5 Å². The van der Waals surface area contributed by atoms with Crippen molar-refractivity contribution < 1.29 is 19.0 Å². The molecule has 0 bridgehead atoms. The van der Waals surface area contributed by atoms with Gasteiger partial charge < -0.3 is 14.2 Å². The van der Waals surface area contributed by atoms with Crippen molar-refractivity contribution in [1.82, 2.24) is 0 Å². The van der Waals surface area contributed by atoms with Gasteiger partial charge in [0.2, 0.25) is 0 Å². The Hall–Kier alpha value is -1.39. The lowest BCUT2D eigenvalue weighted by molar-refractivity contribution is -0.120. The first-order valence-electron chi connectivity index (χ1n) is 6.47. The lowest BCUT2D eigenvalue weighted by Crippen LogP contribution is -2.08. The third-order valence-electron chi connectivity index (χ3n) is 2.81. The number of Topliss-reactive ketones (excluding diaryl/α,β-unsaturated/α-hetero) is 1. The summed E-state index contributed by atoms with van der Waals surface area (Å²) >= 11 is 0. The summed E-state index contributed by atoms with van der Waals surface area (Å²) in [5, 5.41) is 0. The summed E-state index contributed by atoms with van der Waals surface area (Å²) in [7, 11) is 3.27. The molecule has 4 nitrogen and oxygen atoms in total. The predicted molar refractivity (Wildman–Crippen MR) is 73.6 cm³/mol. The molecule has 0 fully saturated rings. The molecule has 4 heteroatoms. The highest BCUT2D eigenvalue weighted by Crippen LogP contribution is 2.12. The number of aryl methyl sites for hydroxylation is 1. The molecule has 0 unspecified atom stereocenters. The summed E-state index contributed by atoms with van der Waals surface area (Å²) < 4.78 is 15.2. The monoisotopic (exact) mass is 266 g/mol. The standard InChI is InChI=1S/C15H22O4/c1-17-11-12-19-10-9-14(16)6-3-13-4-7-15(18-2)8-5-13/h4-5,7-8H,3,6,9-12H2,1-2H3. The first-order valence-corrected chi connectivity index (χ1v) is 6.47. The Balaban J connectivity index is 2.15. The molecule has 1 rings (SSSR count). The molecule has 0 saturated carbocycles. The molecule has 106 valence electrons. The van der Waals surface area contributed by atoms with Crippen molar-refractivity contribution in [3.8, 4) is 5.75 Å². The Kier molecular flexibility index (Phi) is 7.86. The van der Waals surface area contributed by atoms with E-state index in [4.69, 9.17) is 14.2 Å².